The van der Waals surface area contributed by atoms with Crippen molar-refractivity contribution >= 4 is 29.2 Å². The second-order valence-corrected chi connectivity index (χ2v) is 4.98. The lowest BCUT2D eigenvalue weighted by Gasteiger charge is -2.24. The zero-order chi connectivity index (χ0) is 13.1. The van der Waals surface area contributed by atoms with Crippen molar-refractivity contribution < 1.29 is 9.47 Å². The molecule has 1 fully saturated rings. The molecule has 0 bridgehead atoms. The summed E-state index contributed by atoms with van der Waals surface area (Å²) in [5.41, 5.74) is 0.493. The van der Waals surface area contributed by atoms with E-state index in [1.54, 1.807) is 0 Å². The van der Waals surface area contributed by atoms with Crippen molar-refractivity contribution in [3.05, 3.63) is 15.9 Å². The number of hydrogen-bond acceptors (Lipinski definition) is 5. The first kappa shape index (κ1) is 13.8. The molecule has 1 N–H and O–H groups in total. The highest BCUT2D eigenvalue weighted by Gasteiger charge is 2.25. The van der Waals surface area contributed by atoms with E-state index < -0.39 is 6.29 Å². The molecular formula is C11H15Cl2N3O2. The quantitative estimate of drug-likeness (QED) is 0.868. The third-order valence-corrected chi connectivity index (χ3v) is 2.91. The van der Waals surface area contributed by atoms with Crippen molar-refractivity contribution in [3.8, 4) is 0 Å². The molecule has 100 valence electrons. The fourth-order valence-electron chi connectivity index (χ4n) is 1.59. The van der Waals surface area contributed by atoms with Crippen LogP contribution in [-0.2, 0) is 9.47 Å². The smallest absolute Gasteiger partial charge is 0.225 e. The zero-order valence-electron chi connectivity index (χ0n) is 10.2. The van der Waals surface area contributed by atoms with Crippen LogP contribution in [0.15, 0.2) is 0 Å². The Kier molecular flexibility index (Phi) is 4.61. The van der Waals surface area contributed by atoms with Crippen molar-refractivity contribution in [1.82, 2.24) is 9.97 Å². The van der Waals surface area contributed by atoms with E-state index in [1.165, 1.54) is 0 Å². The summed E-state index contributed by atoms with van der Waals surface area (Å²) >= 11 is 12.2. The number of ether oxygens (including phenoxy) is 2. The maximum Gasteiger partial charge on any atom is 0.225 e. The van der Waals surface area contributed by atoms with E-state index >= 15 is 0 Å². The molecule has 0 unspecified atom stereocenters. The van der Waals surface area contributed by atoms with E-state index in [-0.39, 0.29) is 16.3 Å². The van der Waals surface area contributed by atoms with Crippen molar-refractivity contribution in [3.63, 3.8) is 0 Å². The number of nitrogens with one attached hydrogen (secondary N) is 1. The van der Waals surface area contributed by atoms with E-state index in [2.05, 4.69) is 15.3 Å². The predicted molar refractivity (Wildman–Crippen MR) is 70.1 cm³/mol. The lowest BCUT2D eigenvalue weighted by atomic mass is 10.3. The molecule has 2 rings (SSSR count). The molecule has 0 aliphatic carbocycles. The molecule has 0 radical (unpaired) electrons. The fourth-order valence-corrected chi connectivity index (χ4v) is 2.15. The number of nitrogens with zero attached hydrogens (tertiary/aromatic N) is 2. The zero-order valence-corrected chi connectivity index (χ0v) is 11.8. The molecule has 1 aliphatic heterocycles. The van der Waals surface area contributed by atoms with Gasteiger partial charge in [-0.1, -0.05) is 23.2 Å². The normalized spacial score (nSPS) is 17.2. The molecule has 5 nitrogen and oxygen atoms in total. The van der Waals surface area contributed by atoms with Crippen molar-refractivity contribution in [1.29, 1.82) is 0 Å². The van der Waals surface area contributed by atoms with Crippen LogP contribution in [0.5, 0.6) is 0 Å². The van der Waals surface area contributed by atoms with Crippen LogP contribution in [0.4, 0.5) is 5.95 Å². The first-order valence-electron chi connectivity index (χ1n) is 5.80. The summed E-state index contributed by atoms with van der Waals surface area (Å²) in [6, 6.07) is 0.199. The van der Waals surface area contributed by atoms with Gasteiger partial charge in [0.2, 0.25) is 5.95 Å². The second-order valence-electron chi connectivity index (χ2n) is 4.27. The van der Waals surface area contributed by atoms with Gasteiger partial charge in [-0.2, -0.15) is 0 Å². The monoisotopic (exact) mass is 291 g/mol. The fraction of sp³-hybridized carbons (Fsp3) is 0.636. The highest BCUT2D eigenvalue weighted by Crippen LogP contribution is 2.33. The van der Waals surface area contributed by atoms with Crippen LogP contribution in [0.2, 0.25) is 10.3 Å². The van der Waals surface area contributed by atoms with Crippen molar-refractivity contribution in [2.45, 2.75) is 32.6 Å². The van der Waals surface area contributed by atoms with Gasteiger partial charge in [0.1, 0.15) is 10.3 Å². The van der Waals surface area contributed by atoms with Crippen LogP contribution in [0.1, 0.15) is 32.1 Å². The van der Waals surface area contributed by atoms with Crippen molar-refractivity contribution in [2.24, 2.45) is 0 Å². The van der Waals surface area contributed by atoms with Gasteiger partial charge in [-0.3, -0.25) is 0 Å². The minimum absolute atomic E-state index is 0.199. The third kappa shape index (κ3) is 3.23. The molecule has 0 atom stereocenters. The average Bonchev–Trinajstić information content (AvgIpc) is 2.28. The molecule has 0 saturated carbocycles. The summed E-state index contributed by atoms with van der Waals surface area (Å²) < 4.78 is 10.9. The molecule has 1 aliphatic rings. The van der Waals surface area contributed by atoms with Gasteiger partial charge in [0, 0.05) is 6.04 Å². The summed E-state index contributed by atoms with van der Waals surface area (Å²) in [4.78, 5) is 8.30. The lowest BCUT2D eigenvalue weighted by Crippen LogP contribution is -2.20. The van der Waals surface area contributed by atoms with Gasteiger partial charge in [-0.25, -0.2) is 9.97 Å². The summed E-state index contributed by atoms with van der Waals surface area (Å²) in [5, 5.41) is 3.55. The standard InChI is InChI=1S/C11H15Cl2N3O2/c1-6(2)14-11-15-8(12)7(9(13)16-11)10-17-4-3-5-18-10/h6,10H,3-5H2,1-2H3,(H,14,15,16). The van der Waals surface area contributed by atoms with E-state index in [1.807, 2.05) is 13.8 Å². The van der Waals surface area contributed by atoms with Gasteiger partial charge in [0.15, 0.2) is 6.29 Å². The van der Waals surface area contributed by atoms with Crippen LogP contribution in [0.25, 0.3) is 0 Å². The molecule has 0 aromatic carbocycles. The molecule has 0 spiro atoms. The molecule has 1 aromatic heterocycles. The Bertz CT molecular complexity index is 400. The highest BCUT2D eigenvalue weighted by molar-refractivity contribution is 6.34. The Hall–Kier alpha value is -0.620. The SMILES string of the molecule is CC(C)Nc1nc(Cl)c(C2OCCCO2)c(Cl)n1. The van der Waals surface area contributed by atoms with Crippen molar-refractivity contribution in [2.75, 3.05) is 18.5 Å². The third-order valence-electron chi connectivity index (χ3n) is 2.33. The van der Waals surface area contributed by atoms with Crippen LogP contribution < -0.4 is 5.32 Å². The first-order valence-corrected chi connectivity index (χ1v) is 6.56. The maximum absolute atomic E-state index is 6.12. The summed E-state index contributed by atoms with van der Waals surface area (Å²) in [7, 11) is 0. The molecule has 1 aromatic rings. The Morgan fingerprint density at radius 2 is 1.72 bits per heavy atom. The number of rotatable bonds is 3. The Morgan fingerprint density at radius 3 is 2.22 bits per heavy atom. The minimum Gasteiger partial charge on any atom is -0.352 e. The van der Waals surface area contributed by atoms with Gasteiger partial charge in [0.25, 0.3) is 0 Å². The van der Waals surface area contributed by atoms with E-state index in [4.69, 9.17) is 32.7 Å². The molecule has 1 saturated heterocycles. The molecule has 0 amide bonds. The maximum atomic E-state index is 6.12. The molecule has 7 heteroatoms. The Morgan fingerprint density at radius 1 is 1.17 bits per heavy atom. The highest BCUT2D eigenvalue weighted by atomic mass is 35.5. The number of hydrogen-bond donors (Lipinski definition) is 1. The van der Waals surface area contributed by atoms with E-state index in [0.717, 1.165) is 6.42 Å². The topological polar surface area (TPSA) is 56.3 Å². The summed E-state index contributed by atoms with van der Waals surface area (Å²) in [6.45, 7) is 5.19. The second kappa shape index (κ2) is 6.02. The number of halogens is 2. The predicted octanol–water partition coefficient (Wildman–Crippen LogP) is 3.04. The summed E-state index contributed by atoms with van der Waals surface area (Å²) in [6.07, 6.45) is 0.284. The summed E-state index contributed by atoms with van der Waals surface area (Å²) in [5.74, 6) is 0.402. The van der Waals surface area contributed by atoms with Gasteiger partial charge >= 0.3 is 0 Å². The van der Waals surface area contributed by atoms with Crippen LogP contribution in [-0.4, -0.2) is 29.2 Å². The van der Waals surface area contributed by atoms with Gasteiger partial charge in [-0.15, -0.1) is 0 Å². The van der Waals surface area contributed by atoms with E-state index in [9.17, 15) is 0 Å². The van der Waals surface area contributed by atoms with Gasteiger partial charge < -0.3 is 14.8 Å². The van der Waals surface area contributed by atoms with Crippen LogP contribution in [0, 0.1) is 0 Å². The van der Waals surface area contributed by atoms with Gasteiger partial charge in [0.05, 0.1) is 18.8 Å². The number of aromatic nitrogens is 2. The Balaban J connectivity index is 2.25. The van der Waals surface area contributed by atoms with Gasteiger partial charge in [-0.05, 0) is 20.3 Å². The van der Waals surface area contributed by atoms with Crippen LogP contribution >= 0.6 is 23.2 Å². The lowest BCUT2D eigenvalue weighted by molar-refractivity contribution is -0.183. The largest absolute Gasteiger partial charge is 0.352 e. The minimum atomic E-state index is -0.577. The van der Waals surface area contributed by atoms with Crippen LogP contribution in [0.3, 0.4) is 0 Å². The Labute approximate surface area is 116 Å². The molecular weight excluding hydrogens is 277 g/mol. The average molecular weight is 292 g/mol. The molecule has 2 heterocycles. The molecule has 18 heavy (non-hydrogen) atoms. The van der Waals surface area contributed by atoms with E-state index in [0.29, 0.717) is 24.7 Å². The first-order chi connectivity index (χ1) is 8.58. The number of anilines is 1.